The average molecular weight is 247 g/mol. The minimum absolute atomic E-state index is 0.0727. The van der Waals surface area contributed by atoms with Gasteiger partial charge in [-0.25, -0.2) is 4.98 Å². The Morgan fingerprint density at radius 3 is 2.69 bits per heavy atom. The maximum absolute atomic E-state index is 12.1. The maximum atomic E-state index is 12.1. The summed E-state index contributed by atoms with van der Waals surface area (Å²) in [7, 11) is 0. The molecule has 0 aliphatic carbocycles. The van der Waals surface area contributed by atoms with Crippen molar-refractivity contribution in [3.63, 3.8) is 0 Å². The van der Waals surface area contributed by atoms with Gasteiger partial charge in [0.15, 0.2) is 0 Å². The van der Waals surface area contributed by atoms with Gasteiger partial charge in [-0.2, -0.15) is 18.4 Å². The molecule has 3 nitrogen and oxygen atoms in total. The summed E-state index contributed by atoms with van der Waals surface area (Å²) < 4.78 is 36.2. The summed E-state index contributed by atoms with van der Waals surface area (Å²) in [5, 5.41) is 10.1. The van der Waals surface area contributed by atoms with E-state index in [-0.39, 0.29) is 22.0 Å². The highest BCUT2D eigenvalue weighted by Crippen LogP contribution is 2.25. The van der Waals surface area contributed by atoms with Gasteiger partial charge in [0.05, 0.1) is 17.7 Å². The van der Waals surface area contributed by atoms with Crippen LogP contribution in [-0.4, -0.2) is 11.2 Å². The predicted molar refractivity (Wildman–Crippen MR) is 54.3 cm³/mol. The number of halogens is 3. The fraction of sp³-hybridized carbons (Fsp3) is 0.333. The van der Waals surface area contributed by atoms with Gasteiger partial charge in [-0.3, -0.25) is 0 Å². The molecule has 0 aliphatic rings. The van der Waals surface area contributed by atoms with Gasteiger partial charge in [0, 0.05) is 11.1 Å². The van der Waals surface area contributed by atoms with Gasteiger partial charge in [0.1, 0.15) is 11.1 Å². The van der Waals surface area contributed by atoms with E-state index in [1.54, 1.807) is 0 Å². The number of hydrogen-bond acceptors (Lipinski definition) is 4. The summed E-state index contributed by atoms with van der Waals surface area (Å²) in [6, 6.07) is 1.81. The minimum atomic E-state index is -4.29. The molecule has 1 aromatic heterocycles. The van der Waals surface area contributed by atoms with Crippen LogP contribution in [0.15, 0.2) is 11.1 Å². The summed E-state index contributed by atoms with van der Waals surface area (Å²) in [4.78, 5) is 3.73. The number of allylic oxidation sites excluding steroid dienone is 2. The lowest BCUT2D eigenvalue weighted by Gasteiger charge is -2.01. The van der Waals surface area contributed by atoms with E-state index in [9.17, 15) is 13.2 Å². The Hall–Kier alpha value is -1.55. The van der Waals surface area contributed by atoms with Crippen molar-refractivity contribution in [2.24, 2.45) is 5.73 Å². The van der Waals surface area contributed by atoms with E-state index in [2.05, 4.69) is 4.98 Å². The lowest BCUT2D eigenvalue weighted by molar-refractivity contribution is -0.127. The molecule has 1 rings (SSSR count). The molecule has 0 saturated heterocycles. The van der Waals surface area contributed by atoms with E-state index < -0.39 is 12.6 Å². The number of nitrogens with two attached hydrogens (primary N) is 1. The van der Waals surface area contributed by atoms with E-state index in [1.807, 2.05) is 6.07 Å². The van der Waals surface area contributed by atoms with Gasteiger partial charge in [-0.05, 0) is 6.92 Å². The SMILES string of the molecule is CC(N)=C(C#N)c1csc(CC(F)(F)F)n1. The standard InChI is InChI=1S/C9H8F3N3S/c1-5(14)6(3-13)7-4-16-8(15-7)2-9(10,11)12/h4H,2,14H2,1H3. The Labute approximate surface area is 94.0 Å². The van der Waals surface area contributed by atoms with Gasteiger partial charge < -0.3 is 5.73 Å². The second-order valence-corrected chi connectivity index (χ2v) is 4.03. The lowest BCUT2D eigenvalue weighted by atomic mass is 10.2. The Kier molecular flexibility index (Phi) is 3.55. The van der Waals surface area contributed by atoms with E-state index in [0.29, 0.717) is 0 Å². The van der Waals surface area contributed by atoms with Crippen LogP contribution in [0.25, 0.3) is 5.57 Å². The number of nitrogens with zero attached hydrogens (tertiary/aromatic N) is 2. The first-order valence-corrected chi connectivity index (χ1v) is 5.09. The molecule has 86 valence electrons. The van der Waals surface area contributed by atoms with Crippen LogP contribution < -0.4 is 5.73 Å². The van der Waals surface area contributed by atoms with Crippen molar-refractivity contribution >= 4 is 16.9 Å². The van der Waals surface area contributed by atoms with Crippen molar-refractivity contribution in [3.05, 3.63) is 21.8 Å². The molecule has 0 aromatic carbocycles. The van der Waals surface area contributed by atoms with Crippen LogP contribution in [0.5, 0.6) is 0 Å². The second-order valence-electron chi connectivity index (χ2n) is 3.09. The topological polar surface area (TPSA) is 62.7 Å². The van der Waals surface area contributed by atoms with E-state index >= 15 is 0 Å². The number of thiazole rings is 1. The Balaban J connectivity index is 2.97. The molecule has 1 heterocycles. The molecule has 0 atom stereocenters. The first-order valence-electron chi connectivity index (χ1n) is 4.21. The summed E-state index contributed by atoms with van der Waals surface area (Å²) in [5.41, 5.74) is 5.97. The van der Waals surface area contributed by atoms with Crippen molar-refractivity contribution < 1.29 is 13.2 Å². The molecule has 0 aliphatic heterocycles. The Morgan fingerprint density at radius 1 is 1.62 bits per heavy atom. The molecular weight excluding hydrogens is 239 g/mol. The molecule has 0 amide bonds. The molecule has 0 unspecified atom stereocenters. The van der Waals surface area contributed by atoms with Crippen LogP contribution in [0.3, 0.4) is 0 Å². The molecule has 16 heavy (non-hydrogen) atoms. The molecule has 0 spiro atoms. The monoisotopic (exact) mass is 247 g/mol. The molecule has 0 saturated carbocycles. The average Bonchev–Trinajstić information content (AvgIpc) is 2.50. The highest BCUT2D eigenvalue weighted by atomic mass is 32.1. The largest absolute Gasteiger partial charge is 0.401 e. The van der Waals surface area contributed by atoms with Crippen LogP contribution in [-0.2, 0) is 6.42 Å². The van der Waals surface area contributed by atoms with Crippen LogP contribution >= 0.6 is 11.3 Å². The first kappa shape index (κ1) is 12.5. The third kappa shape index (κ3) is 3.24. The highest BCUT2D eigenvalue weighted by Gasteiger charge is 2.29. The smallest absolute Gasteiger partial charge is 0.395 e. The van der Waals surface area contributed by atoms with Crippen molar-refractivity contribution in [2.75, 3.05) is 0 Å². The molecule has 1 aromatic rings. The van der Waals surface area contributed by atoms with Crippen molar-refractivity contribution in [2.45, 2.75) is 19.5 Å². The van der Waals surface area contributed by atoms with E-state index in [4.69, 9.17) is 11.0 Å². The van der Waals surface area contributed by atoms with Crippen LogP contribution in [0, 0.1) is 11.3 Å². The fourth-order valence-corrected chi connectivity index (χ4v) is 1.84. The number of alkyl halides is 3. The third-order valence-electron chi connectivity index (χ3n) is 1.67. The van der Waals surface area contributed by atoms with Gasteiger partial charge in [0.2, 0.25) is 0 Å². The molecule has 2 N–H and O–H groups in total. The van der Waals surface area contributed by atoms with Crippen molar-refractivity contribution in [1.29, 1.82) is 5.26 Å². The minimum Gasteiger partial charge on any atom is -0.401 e. The quantitative estimate of drug-likeness (QED) is 0.816. The maximum Gasteiger partial charge on any atom is 0.395 e. The predicted octanol–water partition coefficient (Wildman–Crippen LogP) is 2.46. The van der Waals surface area contributed by atoms with Crippen molar-refractivity contribution in [1.82, 2.24) is 4.98 Å². The molecular formula is C9H8F3N3S. The fourth-order valence-electron chi connectivity index (χ4n) is 1.03. The van der Waals surface area contributed by atoms with Crippen molar-refractivity contribution in [3.8, 4) is 6.07 Å². The summed E-state index contributed by atoms with van der Waals surface area (Å²) in [5.74, 6) is 0. The summed E-state index contributed by atoms with van der Waals surface area (Å²) >= 11 is 0.866. The zero-order valence-corrected chi connectivity index (χ0v) is 9.11. The van der Waals surface area contributed by atoms with Gasteiger partial charge in [0.25, 0.3) is 0 Å². The van der Waals surface area contributed by atoms with Crippen LogP contribution in [0.1, 0.15) is 17.6 Å². The summed E-state index contributed by atoms with van der Waals surface area (Å²) in [6.45, 7) is 1.50. The number of aromatic nitrogens is 1. The van der Waals surface area contributed by atoms with Gasteiger partial charge in [-0.1, -0.05) is 0 Å². The molecule has 0 radical (unpaired) electrons. The number of rotatable bonds is 2. The molecule has 0 fully saturated rings. The van der Waals surface area contributed by atoms with Crippen LogP contribution in [0.2, 0.25) is 0 Å². The van der Waals surface area contributed by atoms with E-state index in [0.717, 1.165) is 11.3 Å². The zero-order valence-electron chi connectivity index (χ0n) is 8.30. The second kappa shape index (κ2) is 4.53. The zero-order chi connectivity index (χ0) is 12.3. The number of hydrogen-bond donors (Lipinski definition) is 1. The first-order chi connectivity index (χ1) is 7.33. The van der Waals surface area contributed by atoms with E-state index in [1.165, 1.54) is 12.3 Å². The lowest BCUT2D eigenvalue weighted by Crippen LogP contribution is -2.11. The number of nitriles is 1. The normalized spacial score (nSPS) is 13.2. The Morgan fingerprint density at radius 2 is 2.25 bits per heavy atom. The van der Waals surface area contributed by atoms with Crippen LogP contribution in [0.4, 0.5) is 13.2 Å². The van der Waals surface area contributed by atoms with Gasteiger partial charge in [-0.15, -0.1) is 11.3 Å². The third-order valence-corrected chi connectivity index (χ3v) is 2.51. The highest BCUT2D eigenvalue weighted by molar-refractivity contribution is 7.09. The summed E-state index contributed by atoms with van der Waals surface area (Å²) in [6.07, 6.45) is -5.37. The molecule has 0 bridgehead atoms. The van der Waals surface area contributed by atoms with Gasteiger partial charge >= 0.3 is 6.18 Å². The Bertz CT molecular complexity index is 449. The molecule has 7 heteroatoms.